The molecule has 14 heteroatoms. The van der Waals surface area contributed by atoms with Gasteiger partial charge in [0.25, 0.3) is 0 Å². The minimum atomic E-state index is -5.15. The Labute approximate surface area is 377 Å². The fourth-order valence-corrected chi connectivity index (χ4v) is 9.50. The number of rotatable bonds is 43. The topological polar surface area (TPSA) is 226 Å². The van der Waals surface area contributed by atoms with E-state index in [0.29, 0.717) is 12.8 Å². The van der Waals surface area contributed by atoms with Gasteiger partial charge in [-0.05, 0) is 12.8 Å². The zero-order valence-corrected chi connectivity index (χ0v) is 40.2. The first-order valence-electron chi connectivity index (χ1n) is 25.6. The van der Waals surface area contributed by atoms with E-state index in [1.54, 1.807) is 0 Å². The molecule has 1 rings (SSSR count). The largest absolute Gasteiger partial charge is 0.472 e. The molecule has 0 heterocycles. The van der Waals surface area contributed by atoms with Crippen molar-refractivity contribution in [1.82, 2.24) is 5.32 Å². The van der Waals surface area contributed by atoms with Gasteiger partial charge in [0.1, 0.15) is 42.7 Å². The van der Waals surface area contributed by atoms with Gasteiger partial charge in [-0.2, -0.15) is 0 Å². The van der Waals surface area contributed by atoms with Crippen molar-refractivity contribution in [3.8, 4) is 0 Å². The molecule has 370 valence electrons. The Hall–Kier alpha value is -0.700. The van der Waals surface area contributed by atoms with Crippen LogP contribution >= 0.6 is 7.82 Å². The third kappa shape index (κ3) is 29.0. The molecule has 0 bridgehead atoms. The first-order valence-corrected chi connectivity index (χ1v) is 27.1. The Kier molecular flexibility index (Phi) is 36.7. The molecule has 0 spiro atoms. The highest BCUT2D eigenvalue weighted by molar-refractivity contribution is 7.47. The lowest BCUT2D eigenvalue weighted by molar-refractivity contribution is -0.220. The number of nitrogens with one attached hydrogen (secondary N) is 1. The van der Waals surface area contributed by atoms with Crippen molar-refractivity contribution in [2.24, 2.45) is 0 Å². The predicted octanol–water partition coefficient (Wildman–Crippen LogP) is 9.21. The van der Waals surface area contributed by atoms with Crippen LogP contribution in [0.15, 0.2) is 0 Å². The highest BCUT2D eigenvalue weighted by Crippen LogP contribution is 2.47. The fourth-order valence-electron chi connectivity index (χ4n) is 8.54. The van der Waals surface area contributed by atoms with Gasteiger partial charge in [0.2, 0.25) is 5.91 Å². The van der Waals surface area contributed by atoms with Gasteiger partial charge < -0.3 is 46.0 Å². The molecule has 1 amide bonds. The number of phosphoric ester groups is 1. The van der Waals surface area contributed by atoms with Crippen molar-refractivity contribution in [2.45, 2.75) is 293 Å². The maximum Gasteiger partial charge on any atom is 0.472 e. The Morgan fingerprint density at radius 3 is 1.16 bits per heavy atom. The van der Waals surface area contributed by atoms with E-state index in [0.717, 1.165) is 38.5 Å². The number of carbonyl (C=O) groups excluding carboxylic acids is 1. The molecule has 0 radical (unpaired) electrons. The third-order valence-corrected chi connectivity index (χ3v) is 13.7. The van der Waals surface area contributed by atoms with Gasteiger partial charge in [-0.3, -0.25) is 13.8 Å². The van der Waals surface area contributed by atoms with Gasteiger partial charge in [-0.15, -0.1) is 0 Å². The summed E-state index contributed by atoms with van der Waals surface area (Å²) in [5.74, 6) is -0.417. The van der Waals surface area contributed by atoms with E-state index in [-0.39, 0.29) is 12.8 Å². The molecule has 1 fully saturated rings. The van der Waals surface area contributed by atoms with Gasteiger partial charge in [-0.1, -0.05) is 219 Å². The number of carbonyl (C=O) groups is 1. The normalized spacial score (nSPS) is 22.9. The fraction of sp³-hybridized carbons (Fsp3) is 0.979. The lowest BCUT2D eigenvalue weighted by Crippen LogP contribution is -2.64. The molecular weight excluding hydrogens is 813 g/mol. The van der Waals surface area contributed by atoms with Crippen LogP contribution < -0.4 is 5.32 Å². The van der Waals surface area contributed by atoms with Crippen molar-refractivity contribution in [3.63, 3.8) is 0 Å². The van der Waals surface area contributed by atoms with Crippen LogP contribution in [0.1, 0.15) is 239 Å². The summed E-state index contributed by atoms with van der Waals surface area (Å²) in [6.07, 6.45) is 25.7. The van der Waals surface area contributed by atoms with Crippen LogP contribution in [0.3, 0.4) is 0 Å². The summed E-state index contributed by atoms with van der Waals surface area (Å²) in [6.45, 7) is 3.72. The lowest BCUT2D eigenvalue weighted by atomic mass is 9.85. The molecule has 1 aliphatic carbocycles. The van der Waals surface area contributed by atoms with Crippen molar-refractivity contribution in [2.75, 3.05) is 6.61 Å². The number of aliphatic hydroxyl groups excluding tert-OH is 7. The van der Waals surface area contributed by atoms with Crippen LogP contribution in [0, 0.1) is 0 Å². The first kappa shape index (κ1) is 59.3. The van der Waals surface area contributed by atoms with Crippen LogP contribution in [0.2, 0.25) is 0 Å². The summed E-state index contributed by atoms with van der Waals surface area (Å²) in [5, 5.41) is 75.0. The molecule has 3 unspecified atom stereocenters. The number of aliphatic hydroxyl groups is 7. The molecule has 9 N–H and O–H groups in total. The number of amides is 1. The average molecular weight is 910 g/mol. The van der Waals surface area contributed by atoms with E-state index in [2.05, 4.69) is 19.2 Å². The Morgan fingerprint density at radius 1 is 0.500 bits per heavy atom. The van der Waals surface area contributed by atoms with E-state index in [1.807, 2.05) is 0 Å². The minimum Gasteiger partial charge on any atom is -0.390 e. The molecule has 0 aromatic carbocycles. The van der Waals surface area contributed by atoms with E-state index in [4.69, 9.17) is 9.05 Å². The maximum atomic E-state index is 13.0. The summed E-state index contributed by atoms with van der Waals surface area (Å²) >= 11 is 0. The van der Waals surface area contributed by atoms with Crippen molar-refractivity contribution in [1.29, 1.82) is 0 Å². The SMILES string of the molecule is CCCCCCCCCCCCCCCCCCCCCCCC(=O)N[C@@H](COP(=O)(O)OC1[C@H](O)[C@H](O)C(O)[C@H](O)[C@H]1O)[C@H](O)[C@@H](O)CCCCCCCCCCCCCC. The number of phosphoric acid groups is 1. The second-order valence-electron chi connectivity index (χ2n) is 18.5. The second-order valence-corrected chi connectivity index (χ2v) is 19.9. The highest BCUT2D eigenvalue weighted by atomic mass is 31.2. The van der Waals surface area contributed by atoms with Crippen LogP contribution in [-0.4, -0.2) is 108 Å². The molecule has 13 nitrogen and oxygen atoms in total. The monoisotopic (exact) mass is 910 g/mol. The molecule has 62 heavy (non-hydrogen) atoms. The average Bonchev–Trinajstić information content (AvgIpc) is 3.25. The standard InChI is InChI=1S/C48H96NO12P/c1-3-5-7-9-11-13-15-17-18-19-20-21-22-23-24-25-27-29-31-33-35-37-41(51)49-39(38-60-62(58,59)61-48-46(56)44(54)43(53)45(55)47(48)57)42(52)40(50)36-34-32-30-28-26-16-14-12-10-8-6-4-2/h39-40,42-48,50,52-57H,3-38H2,1-2H3,(H,49,51)(H,58,59)/t39-,40-,42-,43?,44-,45+,46+,47+,48?/m0/s1. The Balaban J connectivity index is 2.43. The van der Waals surface area contributed by atoms with Gasteiger partial charge >= 0.3 is 7.82 Å². The zero-order valence-electron chi connectivity index (χ0n) is 39.3. The first-order chi connectivity index (χ1) is 29.9. The molecular formula is C48H96NO12P. The van der Waals surface area contributed by atoms with E-state index >= 15 is 0 Å². The van der Waals surface area contributed by atoms with Crippen molar-refractivity contribution in [3.05, 3.63) is 0 Å². The molecule has 0 aliphatic heterocycles. The summed E-state index contributed by atoms with van der Waals surface area (Å²) in [6, 6.07) is -1.30. The summed E-state index contributed by atoms with van der Waals surface area (Å²) < 4.78 is 22.9. The van der Waals surface area contributed by atoms with Crippen molar-refractivity contribution < 1.29 is 59.0 Å². The van der Waals surface area contributed by atoms with E-state index in [1.165, 1.54) is 161 Å². The Bertz CT molecular complexity index is 1070. The molecule has 10 atom stereocenters. The molecule has 1 saturated carbocycles. The number of hydrogen-bond donors (Lipinski definition) is 9. The number of hydrogen-bond acceptors (Lipinski definition) is 11. The summed E-state index contributed by atoms with van der Waals surface area (Å²) in [5.41, 5.74) is 0. The van der Waals surface area contributed by atoms with Crippen LogP contribution in [0.25, 0.3) is 0 Å². The highest BCUT2D eigenvalue weighted by Gasteiger charge is 2.51. The number of unbranched alkanes of at least 4 members (excludes halogenated alkanes) is 31. The minimum absolute atomic E-state index is 0.156. The van der Waals surface area contributed by atoms with Crippen LogP contribution in [0.4, 0.5) is 0 Å². The van der Waals surface area contributed by atoms with E-state index < -0.39 is 75.2 Å². The maximum absolute atomic E-state index is 13.0. The van der Waals surface area contributed by atoms with E-state index in [9.17, 15) is 50.0 Å². The third-order valence-electron chi connectivity index (χ3n) is 12.8. The lowest BCUT2D eigenvalue weighted by Gasteiger charge is -2.41. The summed E-state index contributed by atoms with van der Waals surface area (Å²) in [7, 11) is -5.15. The van der Waals surface area contributed by atoms with Gasteiger partial charge in [0.15, 0.2) is 0 Å². The smallest absolute Gasteiger partial charge is 0.390 e. The molecule has 0 aromatic rings. The van der Waals surface area contributed by atoms with Crippen molar-refractivity contribution >= 4 is 13.7 Å². The van der Waals surface area contributed by atoms with Crippen LogP contribution in [-0.2, 0) is 18.4 Å². The second kappa shape index (κ2) is 38.4. The molecule has 0 aromatic heterocycles. The predicted molar refractivity (Wildman–Crippen MR) is 248 cm³/mol. The van der Waals surface area contributed by atoms with Gasteiger partial charge in [0, 0.05) is 6.42 Å². The Morgan fingerprint density at radius 2 is 0.806 bits per heavy atom. The quantitative estimate of drug-likeness (QED) is 0.0206. The van der Waals surface area contributed by atoms with Gasteiger partial charge in [-0.25, -0.2) is 4.57 Å². The summed E-state index contributed by atoms with van der Waals surface area (Å²) in [4.78, 5) is 23.5. The van der Waals surface area contributed by atoms with Crippen LogP contribution in [0.5, 0.6) is 0 Å². The molecule has 1 aliphatic rings. The van der Waals surface area contributed by atoms with Gasteiger partial charge in [0.05, 0.1) is 18.8 Å². The zero-order chi connectivity index (χ0) is 45.9. The molecule has 0 saturated heterocycles.